The van der Waals surface area contributed by atoms with E-state index in [0.717, 1.165) is 28.7 Å². The van der Waals surface area contributed by atoms with E-state index in [1.807, 2.05) is 62.3 Å². The van der Waals surface area contributed by atoms with Crippen molar-refractivity contribution in [3.63, 3.8) is 0 Å². The minimum atomic E-state index is -0.110. The fourth-order valence-electron chi connectivity index (χ4n) is 2.50. The van der Waals surface area contributed by atoms with Gasteiger partial charge in [0.25, 0.3) is 5.91 Å². The summed E-state index contributed by atoms with van der Waals surface area (Å²) in [5.74, 6) is -0.110. The molecule has 0 atom stereocenters. The van der Waals surface area contributed by atoms with Gasteiger partial charge < -0.3 is 10.2 Å². The minimum absolute atomic E-state index is 0.110. The molecule has 0 aliphatic rings. The predicted octanol–water partition coefficient (Wildman–Crippen LogP) is 2.38. The number of carbonyl (C=O) groups excluding carboxylic acids is 1. The van der Waals surface area contributed by atoms with Crippen LogP contribution in [0.4, 0.5) is 0 Å². The van der Waals surface area contributed by atoms with Crippen molar-refractivity contribution < 1.29 is 4.79 Å². The third-order valence-electron chi connectivity index (χ3n) is 3.79. The fraction of sp³-hybridized carbons (Fsp3) is 0.278. The lowest BCUT2D eigenvalue weighted by molar-refractivity contribution is 0.0952. The van der Waals surface area contributed by atoms with Gasteiger partial charge in [-0.15, -0.1) is 0 Å². The molecular weight excluding hydrogens is 288 g/mol. The number of carbonyl (C=O) groups is 1. The highest BCUT2D eigenvalue weighted by Crippen LogP contribution is 2.22. The Balaban J connectivity index is 2.05. The van der Waals surface area contributed by atoms with Crippen LogP contribution in [0, 0.1) is 6.92 Å². The highest BCUT2D eigenvalue weighted by molar-refractivity contribution is 6.06. The van der Waals surface area contributed by atoms with Crippen LogP contribution in [-0.4, -0.2) is 48.0 Å². The van der Waals surface area contributed by atoms with Gasteiger partial charge >= 0.3 is 0 Å². The molecule has 0 unspecified atom stereocenters. The Labute approximate surface area is 135 Å². The zero-order chi connectivity index (χ0) is 16.4. The number of likely N-dealkylation sites (N-methyl/N-ethyl adjacent to an activating group) is 1. The van der Waals surface area contributed by atoms with Crippen LogP contribution >= 0.6 is 0 Å². The second-order valence-electron chi connectivity index (χ2n) is 5.90. The Kier molecular flexibility index (Phi) is 4.21. The SMILES string of the molecule is Cc1ccc(C(=O)NCCN(C)C)c2nc3ccccc3nc12. The van der Waals surface area contributed by atoms with Gasteiger partial charge in [0, 0.05) is 13.1 Å². The monoisotopic (exact) mass is 308 g/mol. The number of aryl methyl sites for hydroxylation is 1. The molecule has 0 aliphatic carbocycles. The molecule has 23 heavy (non-hydrogen) atoms. The first-order valence-electron chi connectivity index (χ1n) is 7.65. The molecule has 118 valence electrons. The van der Waals surface area contributed by atoms with Crippen molar-refractivity contribution in [2.24, 2.45) is 0 Å². The smallest absolute Gasteiger partial charge is 0.253 e. The van der Waals surface area contributed by atoms with Crippen LogP contribution in [-0.2, 0) is 0 Å². The van der Waals surface area contributed by atoms with Crippen molar-refractivity contribution in [1.29, 1.82) is 0 Å². The van der Waals surface area contributed by atoms with Gasteiger partial charge in [-0.2, -0.15) is 0 Å². The molecule has 3 aromatic rings. The fourth-order valence-corrected chi connectivity index (χ4v) is 2.50. The summed E-state index contributed by atoms with van der Waals surface area (Å²) in [6.07, 6.45) is 0. The van der Waals surface area contributed by atoms with Crippen LogP contribution in [0.1, 0.15) is 15.9 Å². The van der Waals surface area contributed by atoms with Gasteiger partial charge in [-0.3, -0.25) is 4.79 Å². The summed E-state index contributed by atoms with van der Waals surface area (Å²) in [7, 11) is 3.95. The van der Waals surface area contributed by atoms with Gasteiger partial charge in [0.1, 0.15) is 5.52 Å². The molecule has 0 radical (unpaired) electrons. The van der Waals surface area contributed by atoms with E-state index in [2.05, 4.69) is 15.3 Å². The molecule has 0 saturated carbocycles. The molecule has 1 amide bonds. The number of hydrogen-bond donors (Lipinski definition) is 1. The van der Waals surface area contributed by atoms with Crippen LogP contribution in [0.2, 0.25) is 0 Å². The first kappa shape index (κ1) is 15.4. The van der Waals surface area contributed by atoms with Crippen LogP contribution in [0.25, 0.3) is 22.1 Å². The zero-order valence-electron chi connectivity index (χ0n) is 13.6. The van der Waals surface area contributed by atoms with Crippen molar-refractivity contribution in [3.05, 3.63) is 47.5 Å². The summed E-state index contributed by atoms with van der Waals surface area (Å²) >= 11 is 0. The lowest BCUT2D eigenvalue weighted by Gasteiger charge is -2.12. The topological polar surface area (TPSA) is 58.1 Å². The third-order valence-corrected chi connectivity index (χ3v) is 3.79. The number of fused-ring (bicyclic) bond motifs is 2. The molecule has 5 heteroatoms. The zero-order valence-corrected chi connectivity index (χ0v) is 13.6. The number of para-hydroxylation sites is 2. The second-order valence-corrected chi connectivity index (χ2v) is 5.90. The largest absolute Gasteiger partial charge is 0.351 e. The second kappa shape index (κ2) is 6.30. The summed E-state index contributed by atoms with van der Waals surface area (Å²) < 4.78 is 0. The van der Waals surface area contributed by atoms with Gasteiger partial charge in [0.05, 0.1) is 22.1 Å². The number of amides is 1. The van der Waals surface area contributed by atoms with E-state index < -0.39 is 0 Å². The molecule has 0 fully saturated rings. The van der Waals surface area contributed by atoms with Crippen LogP contribution in [0.15, 0.2) is 36.4 Å². The first-order chi connectivity index (χ1) is 11.1. The minimum Gasteiger partial charge on any atom is -0.351 e. The van der Waals surface area contributed by atoms with Crippen molar-refractivity contribution in [1.82, 2.24) is 20.2 Å². The number of hydrogen-bond acceptors (Lipinski definition) is 4. The average molecular weight is 308 g/mol. The van der Waals surface area contributed by atoms with Crippen LogP contribution < -0.4 is 5.32 Å². The molecule has 1 aromatic heterocycles. The maximum Gasteiger partial charge on any atom is 0.253 e. The van der Waals surface area contributed by atoms with Crippen molar-refractivity contribution in [3.8, 4) is 0 Å². The standard InChI is InChI=1S/C18H20N4O/c1-12-8-9-13(18(23)19-10-11-22(2)3)17-16(12)20-14-6-4-5-7-15(14)21-17/h4-9H,10-11H2,1-3H3,(H,19,23). The van der Waals surface area contributed by atoms with E-state index in [0.29, 0.717) is 17.6 Å². The molecular formula is C18H20N4O. The third kappa shape index (κ3) is 3.14. The molecule has 0 saturated heterocycles. The quantitative estimate of drug-likeness (QED) is 0.752. The summed E-state index contributed by atoms with van der Waals surface area (Å²) in [5, 5.41) is 2.94. The number of benzene rings is 2. The Hall–Kier alpha value is -2.53. The molecule has 5 nitrogen and oxygen atoms in total. The molecule has 0 aliphatic heterocycles. The molecule has 0 bridgehead atoms. The van der Waals surface area contributed by atoms with Crippen LogP contribution in [0.3, 0.4) is 0 Å². The van der Waals surface area contributed by atoms with Gasteiger partial charge in [0.2, 0.25) is 0 Å². The van der Waals surface area contributed by atoms with E-state index in [1.165, 1.54) is 0 Å². The van der Waals surface area contributed by atoms with Crippen LogP contribution in [0.5, 0.6) is 0 Å². The predicted molar refractivity (Wildman–Crippen MR) is 92.7 cm³/mol. The van der Waals surface area contributed by atoms with Gasteiger partial charge in [-0.25, -0.2) is 9.97 Å². The van der Waals surface area contributed by atoms with Crippen molar-refractivity contribution in [2.75, 3.05) is 27.2 Å². The Morgan fingerprint density at radius 1 is 1.04 bits per heavy atom. The highest BCUT2D eigenvalue weighted by Gasteiger charge is 2.14. The number of aromatic nitrogens is 2. The van der Waals surface area contributed by atoms with E-state index >= 15 is 0 Å². The molecule has 0 spiro atoms. The average Bonchev–Trinajstić information content (AvgIpc) is 2.53. The Morgan fingerprint density at radius 3 is 2.35 bits per heavy atom. The molecule has 1 heterocycles. The lowest BCUT2D eigenvalue weighted by Crippen LogP contribution is -2.31. The van der Waals surface area contributed by atoms with Gasteiger partial charge in [0.15, 0.2) is 0 Å². The Bertz CT molecular complexity index is 873. The maximum absolute atomic E-state index is 12.5. The lowest BCUT2D eigenvalue weighted by atomic mass is 10.1. The molecule has 1 N–H and O–H groups in total. The summed E-state index contributed by atoms with van der Waals surface area (Å²) in [5.41, 5.74) is 4.67. The molecule has 2 aromatic carbocycles. The van der Waals surface area contributed by atoms with Gasteiger partial charge in [-0.05, 0) is 44.8 Å². The van der Waals surface area contributed by atoms with E-state index in [1.54, 1.807) is 0 Å². The summed E-state index contributed by atoms with van der Waals surface area (Å²) in [4.78, 5) is 23.9. The van der Waals surface area contributed by atoms with E-state index in [4.69, 9.17) is 0 Å². The molecule has 3 rings (SSSR count). The number of rotatable bonds is 4. The van der Waals surface area contributed by atoms with Crippen molar-refractivity contribution >= 4 is 28.0 Å². The maximum atomic E-state index is 12.5. The number of nitrogens with zero attached hydrogens (tertiary/aromatic N) is 3. The van der Waals surface area contributed by atoms with Crippen molar-refractivity contribution in [2.45, 2.75) is 6.92 Å². The van der Waals surface area contributed by atoms with E-state index in [9.17, 15) is 4.79 Å². The first-order valence-corrected chi connectivity index (χ1v) is 7.65. The summed E-state index contributed by atoms with van der Waals surface area (Å²) in [6, 6.07) is 11.5. The normalized spacial score (nSPS) is 11.3. The van der Waals surface area contributed by atoms with Gasteiger partial charge in [-0.1, -0.05) is 18.2 Å². The summed E-state index contributed by atoms with van der Waals surface area (Å²) in [6.45, 7) is 3.38. The highest BCUT2D eigenvalue weighted by atomic mass is 16.1. The Morgan fingerprint density at radius 2 is 1.70 bits per heavy atom. The number of nitrogens with one attached hydrogen (secondary N) is 1. The van der Waals surface area contributed by atoms with E-state index in [-0.39, 0.29) is 5.91 Å².